The Hall–Kier alpha value is -1.63. The van der Waals surface area contributed by atoms with Gasteiger partial charge in [0.25, 0.3) is 0 Å². The molecule has 0 amide bonds. The van der Waals surface area contributed by atoms with Crippen molar-refractivity contribution in [1.82, 2.24) is 0 Å². The van der Waals surface area contributed by atoms with E-state index in [1.807, 2.05) is 0 Å². The van der Waals surface area contributed by atoms with E-state index in [0.717, 1.165) is 6.54 Å². The van der Waals surface area contributed by atoms with E-state index in [-0.39, 0.29) is 0 Å². The van der Waals surface area contributed by atoms with Crippen molar-refractivity contribution in [2.45, 2.75) is 213 Å². The van der Waals surface area contributed by atoms with Crippen molar-refractivity contribution >= 4 is 0 Å². The van der Waals surface area contributed by atoms with Crippen LogP contribution in [0.5, 0.6) is 0 Å². The molecule has 1 aromatic heterocycles. The largest absolute Gasteiger partial charge is 0.205 e. The van der Waals surface area contributed by atoms with Gasteiger partial charge in [-0.05, 0) is 43.2 Å². The molecule has 0 unspecified atom stereocenters. The number of rotatable bonds is 32. The summed E-state index contributed by atoms with van der Waals surface area (Å²) in [5.41, 5.74) is 4.74. The van der Waals surface area contributed by atoms with E-state index in [2.05, 4.69) is 67.2 Å². The maximum absolute atomic E-state index is 2.52. The standard InChI is InChI=1S/C44H76N/c1-3-5-7-9-11-13-15-17-19-21-23-25-30-36-43-38-40-45(39-32-35-42-33-28-27-29-34-42)41-44(43)37-31-26-24-22-20-18-16-14-12-10-8-6-4-2/h27-29,33-34,38,40-41H,3-26,30-32,35-37,39H2,1-2H3/q+1. The lowest BCUT2D eigenvalue weighted by molar-refractivity contribution is -0.697. The van der Waals surface area contributed by atoms with Crippen LogP contribution in [0.25, 0.3) is 0 Å². The van der Waals surface area contributed by atoms with Gasteiger partial charge >= 0.3 is 0 Å². The van der Waals surface area contributed by atoms with E-state index in [9.17, 15) is 0 Å². The molecular weight excluding hydrogens is 542 g/mol. The average Bonchev–Trinajstić information content (AvgIpc) is 3.06. The molecule has 256 valence electrons. The Morgan fingerprint density at radius 3 is 1.22 bits per heavy atom. The molecule has 2 rings (SSSR count). The smallest absolute Gasteiger partial charge is 0.172 e. The van der Waals surface area contributed by atoms with Crippen LogP contribution in [0.2, 0.25) is 0 Å². The number of pyridine rings is 1. The van der Waals surface area contributed by atoms with Crippen molar-refractivity contribution < 1.29 is 4.57 Å². The Balaban J connectivity index is 1.64. The fraction of sp³-hybridized carbons (Fsp3) is 0.750. The van der Waals surface area contributed by atoms with Crippen LogP contribution < -0.4 is 4.57 Å². The number of benzene rings is 1. The predicted octanol–water partition coefficient (Wildman–Crippen LogP) is 13.9. The highest BCUT2D eigenvalue weighted by Gasteiger charge is 2.10. The Kier molecular flexibility index (Phi) is 26.1. The second kappa shape index (κ2) is 29.8. The van der Waals surface area contributed by atoms with Crippen molar-refractivity contribution in [2.24, 2.45) is 0 Å². The zero-order chi connectivity index (χ0) is 31.9. The minimum Gasteiger partial charge on any atom is -0.205 e. The summed E-state index contributed by atoms with van der Waals surface area (Å²) in [5.74, 6) is 0. The molecule has 0 radical (unpaired) electrons. The lowest BCUT2D eigenvalue weighted by atomic mass is 9.97. The summed E-state index contributed by atoms with van der Waals surface area (Å²) in [6, 6.07) is 13.5. The van der Waals surface area contributed by atoms with Crippen molar-refractivity contribution in [3.63, 3.8) is 0 Å². The SMILES string of the molecule is CCCCCCCCCCCCCCCc1cc[n+](CCCc2ccccc2)cc1CCCCCCCCCCCCCCC. The lowest BCUT2D eigenvalue weighted by Gasteiger charge is -2.10. The van der Waals surface area contributed by atoms with Crippen LogP contribution in [0, 0.1) is 0 Å². The first-order chi connectivity index (χ1) is 22.3. The first-order valence-corrected chi connectivity index (χ1v) is 20.4. The molecule has 0 aliphatic heterocycles. The number of hydrogen-bond acceptors (Lipinski definition) is 0. The Morgan fingerprint density at radius 1 is 0.378 bits per heavy atom. The first kappa shape index (κ1) is 39.5. The molecular formula is C44H76N+. The molecule has 1 heterocycles. The minimum absolute atomic E-state index is 1.12. The van der Waals surface area contributed by atoms with Crippen LogP contribution >= 0.6 is 0 Å². The van der Waals surface area contributed by atoms with Crippen LogP contribution in [-0.2, 0) is 25.8 Å². The fourth-order valence-electron chi connectivity index (χ4n) is 7.00. The molecule has 0 bridgehead atoms. The molecule has 0 saturated heterocycles. The van der Waals surface area contributed by atoms with E-state index < -0.39 is 0 Å². The molecule has 1 aromatic carbocycles. The van der Waals surface area contributed by atoms with E-state index in [4.69, 9.17) is 0 Å². The van der Waals surface area contributed by atoms with Gasteiger partial charge in [-0.15, -0.1) is 0 Å². The van der Waals surface area contributed by atoms with Gasteiger partial charge in [0.05, 0.1) is 0 Å². The van der Waals surface area contributed by atoms with Crippen LogP contribution in [0.3, 0.4) is 0 Å². The van der Waals surface area contributed by atoms with Crippen molar-refractivity contribution in [2.75, 3.05) is 0 Å². The third-order valence-corrected chi connectivity index (χ3v) is 10.0. The molecule has 45 heavy (non-hydrogen) atoms. The highest BCUT2D eigenvalue weighted by atomic mass is 14.9. The van der Waals surface area contributed by atoms with Crippen LogP contribution in [-0.4, -0.2) is 0 Å². The predicted molar refractivity (Wildman–Crippen MR) is 200 cm³/mol. The van der Waals surface area contributed by atoms with E-state index in [0.29, 0.717) is 0 Å². The molecule has 0 aliphatic rings. The highest BCUT2D eigenvalue weighted by Crippen LogP contribution is 2.18. The van der Waals surface area contributed by atoms with E-state index in [1.165, 1.54) is 198 Å². The summed E-state index contributed by atoms with van der Waals surface area (Å²) >= 11 is 0. The molecule has 1 nitrogen and oxygen atoms in total. The molecule has 0 spiro atoms. The molecule has 0 saturated carbocycles. The quantitative estimate of drug-likeness (QED) is 0.0567. The Bertz CT molecular complexity index is 887. The Morgan fingerprint density at radius 2 is 0.778 bits per heavy atom. The number of unbranched alkanes of at least 4 members (excludes halogenated alkanes) is 24. The molecule has 0 N–H and O–H groups in total. The van der Waals surface area contributed by atoms with Gasteiger partial charge in [0, 0.05) is 18.1 Å². The molecule has 0 atom stereocenters. The van der Waals surface area contributed by atoms with Gasteiger partial charge in [-0.3, -0.25) is 0 Å². The van der Waals surface area contributed by atoms with Gasteiger partial charge in [0.15, 0.2) is 12.4 Å². The lowest BCUT2D eigenvalue weighted by Crippen LogP contribution is -2.34. The van der Waals surface area contributed by atoms with Gasteiger partial charge in [-0.1, -0.05) is 198 Å². The Labute approximate surface area is 282 Å². The maximum Gasteiger partial charge on any atom is 0.172 e. The van der Waals surface area contributed by atoms with Crippen LogP contribution in [0.1, 0.15) is 204 Å². The second-order valence-electron chi connectivity index (χ2n) is 14.3. The number of nitrogens with zero attached hydrogens (tertiary/aromatic N) is 1. The summed E-state index contributed by atoms with van der Waals surface area (Å²) in [4.78, 5) is 0. The molecule has 1 heteroatoms. The molecule has 2 aromatic rings. The molecule has 0 aliphatic carbocycles. The normalized spacial score (nSPS) is 11.4. The van der Waals surface area contributed by atoms with Crippen molar-refractivity contribution in [3.8, 4) is 0 Å². The number of aryl methyl sites for hydroxylation is 4. The summed E-state index contributed by atoms with van der Waals surface area (Å²) in [5, 5.41) is 0. The second-order valence-corrected chi connectivity index (χ2v) is 14.3. The van der Waals surface area contributed by atoms with Crippen molar-refractivity contribution in [3.05, 3.63) is 65.5 Å². The fourth-order valence-corrected chi connectivity index (χ4v) is 7.00. The van der Waals surface area contributed by atoms with Gasteiger partial charge < -0.3 is 0 Å². The zero-order valence-corrected chi connectivity index (χ0v) is 30.5. The number of hydrogen-bond donors (Lipinski definition) is 0. The van der Waals surface area contributed by atoms with E-state index in [1.54, 1.807) is 11.1 Å². The summed E-state index contributed by atoms with van der Waals surface area (Å²) in [6.45, 7) is 5.74. The first-order valence-electron chi connectivity index (χ1n) is 20.4. The molecule has 0 fully saturated rings. The van der Waals surface area contributed by atoms with E-state index >= 15 is 0 Å². The van der Waals surface area contributed by atoms with Crippen molar-refractivity contribution in [1.29, 1.82) is 0 Å². The summed E-state index contributed by atoms with van der Waals surface area (Å²) < 4.78 is 2.48. The third kappa shape index (κ3) is 22.5. The third-order valence-electron chi connectivity index (χ3n) is 10.0. The van der Waals surface area contributed by atoms with Gasteiger partial charge in [-0.2, -0.15) is 0 Å². The summed E-state index contributed by atoms with van der Waals surface area (Å²) in [7, 11) is 0. The maximum atomic E-state index is 2.52. The zero-order valence-electron chi connectivity index (χ0n) is 30.5. The van der Waals surface area contributed by atoms with Gasteiger partial charge in [0.2, 0.25) is 0 Å². The van der Waals surface area contributed by atoms with Crippen LogP contribution in [0.4, 0.5) is 0 Å². The minimum atomic E-state index is 1.12. The monoisotopic (exact) mass is 619 g/mol. The summed E-state index contributed by atoms with van der Waals surface area (Å²) in [6.07, 6.45) is 47.1. The average molecular weight is 619 g/mol. The van der Waals surface area contributed by atoms with Gasteiger partial charge in [-0.25, -0.2) is 4.57 Å². The van der Waals surface area contributed by atoms with Gasteiger partial charge in [0.1, 0.15) is 6.54 Å². The highest BCUT2D eigenvalue weighted by molar-refractivity contribution is 5.21. The topological polar surface area (TPSA) is 3.88 Å². The van der Waals surface area contributed by atoms with Crippen LogP contribution in [0.15, 0.2) is 48.8 Å². The number of aromatic nitrogens is 1.